The lowest BCUT2D eigenvalue weighted by atomic mass is 10.1. The second kappa shape index (κ2) is 5.25. The Morgan fingerprint density at radius 2 is 1.89 bits per heavy atom. The summed E-state index contributed by atoms with van der Waals surface area (Å²) in [5.41, 5.74) is 0.344. The van der Waals surface area contributed by atoms with Crippen molar-refractivity contribution in [2.75, 3.05) is 18.6 Å². The lowest BCUT2D eigenvalue weighted by Crippen LogP contribution is -2.33. The number of carbonyl (C=O) groups excluding carboxylic acids is 1. The van der Waals surface area contributed by atoms with E-state index in [1.54, 1.807) is 24.3 Å². The molecule has 1 amide bonds. The van der Waals surface area contributed by atoms with Gasteiger partial charge in [0.1, 0.15) is 9.84 Å². The largest absolute Gasteiger partial charge is 0.351 e. The fourth-order valence-corrected chi connectivity index (χ4v) is 3.84. The lowest BCUT2D eigenvalue weighted by molar-refractivity contribution is 0.0946. The fraction of sp³-hybridized carbons (Fsp3) is 0.462. The maximum absolute atomic E-state index is 11.9. The van der Waals surface area contributed by atoms with Gasteiger partial charge in [-0.05, 0) is 37.1 Å². The van der Waals surface area contributed by atoms with Crippen molar-refractivity contribution in [3.63, 3.8) is 0 Å². The van der Waals surface area contributed by atoms with Gasteiger partial charge in [0, 0.05) is 28.3 Å². The lowest BCUT2D eigenvalue weighted by Gasteiger charge is -2.14. The number of halogens is 1. The van der Waals surface area contributed by atoms with Crippen LogP contribution in [0, 0.1) is 5.41 Å². The first-order valence-electron chi connectivity index (χ1n) is 6.01. The van der Waals surface area contributed by atoms with Crippen LogP contribution in [0.25, 0.3) is 0 Å². The van der Waals surface area contributed by atoms with Crippen LogP contribution < -0.4 is 5.32 Å². The molecular formula is C13H16BrNO3S. The Morgan fingerprint density at radius 1 is 1.32 bits per heavy atom. The highest BCUT2D eigenvalue weighted by molar-refractivity contribution is 9.10. The Kier molecular flexibility index (Phi) is 4.01. The number of hydrogen-bond donors (Lipinski definition) is 1. The van der Waals surface area contributed by atoms with Gasteiger partial charge in [0.25, 0.3) is 5.91 Å². The Bertz CT molecular complexity index is 576. The van der Waals surface area contributed by atoms with Gasteiger partial charge < -0.3 is 5.32 Å². The van der Waals surface area contributed by atoms with E-state index in [4.69, 9.17) is 0 Å². The van der Waals surface area contributed by atoms with Gasteiger partial charge >= 0.3 is 0 Å². The monoisotopic (exact) mass is 345 g/mol. The van der Waals surface area contributed by atoms with Gasteiger partial charge in [0.05, 0.1) is 5.75 Å². The van der Waals surface area contributed by atoms with Crippen molar-refractivity contribution in [3.05, 3.63) is 34.3 Å². The first kappa shape index (κ1) is 14.5. The van der Waals surface area contributed by atoms with Gasteiger partial charge in [-0.1, -0.05) is 15.9 Å². The van der Waals surface area contributed by atoms with E-state index in [0.29, 0.717) is 12.1 Å². The molecule has 0 heterocycles. The highest BCUT2D eigenvalue weighted by Gasteiger charge is 2.45. The van der Waals surface area contributed by atoms with Crippen LogP contribution >= 0.6 is 15.9 Å². The van der Waals surface area contributed by atoms with Crippen LogP contribution in [0.3, 0.4) is 0 Å². The first-order valence-corrected chi connectivity index (χ1v) is 8.87. The smallest absolute Gasteiger partial charge is 0.251 e. The Labute approximate surface area is 121 Å². The van der Waals surface area contributed by atoms with E-state index in [9.17, 15) is 13.2 Å². The zero-order valence-corrected chi connectivity index (χ0v) is 13.1. The quantitative estimate of drug-likeness (QED) is 0.887. The van der Waals surface area contributed by atoms with Crippen molar-refractivity contribution >= 4 is 31.7 Å². The van der Waals surface area contributed by atoms with Crippen LogP contribution in [0.2, 0.25) is 0 Å². The summed E-state index contributed by atoms with van der Waals surface area (Å²) in [6, 6.07) is 7.07. The topological polar surface area (TPSA) is 63.2 Å². The SMILES string of the molecule is CS(=O)(=O)CC1(CNC(=O)c2ccc(Br)cc2)CC1. The molecule has 1 aromatic rings. The fourth-order valence-electron chi connectivity index (χ4n) is 2.08. The summed E-state index contributed by atoms with van der Waals surface area (Å²) >= 11 is 3.31. The van der Waals surface area contributed by atoms with E-state index < -0.39 is 9.84 Å². The highest BCUT2D eigenvalue weighted by atomic mass is 79.9. The molecule has 6 heteroatoms. The zero-order valence-electron chi connectivity index (χ0n) is 10.6. The minimum atomic E-state index is -2.99. The van der Waals surface area contributed by atoms with Gasteiger partial charge in [-0.2, -0.15) is 0 Å². The molecule has 0 unspecified atom stereocenters. The molecule has 1 aliphatic rings. The number of nitrogens with one attached hydrogen (secondary N) is 1. The summed E-state index contributed by atoms with van der Waals surface area (Å²) in [7, 11) is -2.99. The maximum atomic E-state index is 11.9. The van der Waals surface area contributed by atoms with E-state index in [1.807, 2.05) is 0 Å². The molecule has 1 N–H and O–H groups in total. The molecular weight excluding hydrogens is 330 g/mol. The van der Waals surface area contributed by atoms with Crippen LogP contribution in [0.15, 0.2) is 28.7 Å². The molecule has 0 spiro atoms. The number of hydrogen-bond acceptors (Lipinski definition) is 3. The van der Waals surface area contributed by atoms with Crippen molar-refractivity contribution in [2.24, 2.45) is 5.41 Å². The Balaban J connectivity index is 1.92. The number of benzene rings is 1. The van der Waals surface area contributed by atoms with Crippen molar-refractivity contribution in [1.82, 2.24) is 5.32 Å². The summed E-state index contributed by atoms with van der Waals surface area (Å²) in [5.74, 6) is -0.00654. The van der Waals surface area contributed by atoms with E-state index in [2.05, 4.69) is 21.2 Å². The van der Waals surface area contributed by atoms with E-state index in [1.165, 1.54) is 6.26 Å². The maximum Gasteiger partial charge on any atom is 0.251 e. The van der Waals surface area contributed by atoms with Crippen molar-refractivity contribution < 1.29 is 13.2 Å². The minimum absolute atomic E-state index is 0.153. The third kappa shape index (κ3) is 4.31. The normalized spacial score (nSPS) is 16.9. The van der Waals surface area contributed by atoms with Gasteiger partial charge in [-0.25, -0.2) is 8.42 Å². The average Bonchev–Trinajstić information content (AvgIpc) is 3.05. The van der Waals surface area contributed by atoms with Crippen LogP contribution in [-0.2, 0) is 9.84 Å². The molecule has 0 aliphatic heterocycles. The number of rotatable bonds is 5. The van der Waals surface area contributed by atoms with E-state index in [0.717, 1.165) is 17.3 Å². The minimum Gasteiger partial charge on any atom is -0.351 e. The molecule has 19 heavy (non-hydrogen) atoms. The third-order valence-electron chi connectivity index (χ3n) is 3.26. The molecule has 2 rings (SSSR count). The molecule has 1 aromatic carbocycles. The molecule has 1 aliphatic carbocycles. The Hall–Kier alpha value is -0.880. The number of amides is 1. The molecule has 0 aromatic heterocycles. The number of sulfone groups is 1. The number of carbonyl (C=O) groups is 1. The Morgan fingerprint density at radius 3 is 2.37 bits per heavy atom. The molecule has 4 nitrogen and oxygen atoms in total. The zero-order chi connectivity index (χ0) is 14.1. The van der Waals surface area contributed by atoms with E-state index in [-0.39, 0.29) is 17.1 Å². The molecule has 1 fully saturated rings. The molecule has 0 bridgehead atoms. The molecule has 104 valence electrons. The predicted octanol–water partition coefficient (Wildman–Crippen LogP) is 2.00. The van der Waals surface area contributed by atoms with Gasteiger partial charge in [0.15, 0.2) is 0 Å². The van der Waals surface area contributed by atoms with Gasteiger partial charge in [-0.3, -0.25) is 4.79 Å². The van der Waals surface area contributed by atoms with Crippen LogP contribution in [0.5, 0.6) is 0 Å². The average molecular weight is 346 g/mol. The summed E-state index contributed by atoms with van der Waals surface area (Å²) in [6.07, 6.45) is 2.96. The van der Waals surface area contributed by atoms with E-state index >= 15 is 0 Å². The molecule has 0 radical (unpaired) electrons. The summed E-state index contributed by atoms with van der Waals surface area (Å²) in [4.78, 5) is 11.9. The summed E-state index contributed by atoms with van der Waals surface area (Å²) < 4.78 is 23.6. The third-order valence-corrected chi connectivity index (χ3v) is 4.92. The highest BCUT2D eigenvalue weighted by Crippen LogP contribution is 2.46. The van der Waals surface area contributed by atoms with Crippen molar-refractivity contribution in [3.8, 4) is 0 Å². The summed E-state index contributed by atoms with van der Waals surface area (Å²) in [5, 5.41) is 2.83. The molecule has 0 atom stereocenters. The van der Waals surface area contributed by atoms with Gasteiger partial charge in [-0.15, -0.1) is 0 Å². The van der Waals surface area contributed by atoms with Crippen molar-refractivity contribution in [1.29, 1.82) is 0 Å². The molecule has 1 saturated carbocycles. The summed E-state index contributed by atoms with van der Waals surface area (Å²) in [6.45, 7) is 0.426. The standard InChI is InChI=1S/C13H16BrNO3S/c1-19(17,18)9-13(6-7-13)8-15-12(16)10-2-4-11(14)5-3-10/h2-5H,6-9H2,1H3,(H,15,16). The van der Waals surface area contributed by atoms with Crippen LogP contribution in [0.4, 0.5) is 0 Å². The second-order valence-corrected chi connectivity index (χ2v) is 8.32. The van der Waals surface area contributed by atoms with Gasteiger partial charge in [0.2, 0.25) is 0 Å². The van der Waals surface area contributed by atoms with Crippen LogP contribution in [0.1, 0.15) is 23.2 Å². The second-order valence-electron chi connectivity index (χ2n) is 5.26. The van der Waals surface area contributed by atoms with Crippen molar-refractivity contribution in [2.45, 2.75) is 12.8 Å². The molecule has 0 saturated heterocycles. The predicted molar refractivity (Wildman–Crippen MR) is 77.9 cm³/mol. The first-order chi connectivity index (χ1) is 8.80. The van der Waals surface area contributed by atoms with Crippen LogP contribution in [-0.4, -0.2) is 32.9 Å².